The molecular formula is C14H22N2O. The number of carbonyl (C=O) groups excluding carboxylic acids is 1. The first-order chi connectivity index (χ1) is 8.27. The quantitative estimate of drug-likeness (QED) is 0.786. The first-order valence-corrected chi connectivity index (χ1v) is 6.34. The molecule has 0 unspecified atom stereocenters. The van der Waals surface area contributed by atoms with E-state index in [0.29, 0.717) is 6.54 Å². The third-order valence-corrected chi connectivity index (χ3v) is 2.73. The molecular weight excluding hydrogens is 212 g/mol. The fraction of sp³-hybridized carbons (Fsp3) is 0.500. The molecule has 0 aromatic heterocycles. The van der Waals surface area contributed by atoms with Crippen molar-refractivity contribution in [3.05, 3.63) is 30.3 Å². The Morgan fingerprint density at radius 1 is 1.24 bits per heavy atom. The maximum atomic E-state index is 11.9. The summed E-state index contributed by atoms with van der Waals surface area (Å²) in [5, 5.41) is 3.14. The highest BCUT2D eigenvalue weighted by molar-refractivity contribution is 5.80. The SMILES string of the molecule is CCCCN(CC)C(=O)CNc1ccccc1. The first kappa shape index (κ1) is 13.6. The monoisotopic (exact) mass is 234 g/mol. The van der Waals surface area contributed by atoms with Gasteiger partial charge in [0.1, 0.15) is 0 Å². The number of rotatable bonds is 7. The van der Waals surface area contributed by atoms with Crippen LogP contribution in [-0.4, -0.2) is 30.4 Å². The lowest BCUT2D eigenvalue weighted by Gasteiger charge is -2.21. The predicted octanol–water partition coefficient (Wildman–Crippen LogP) is 2.75. The molecule has 0 aliphatic carbocycles. The minimum atomic E-state index is 0.171. The fourth-order valence-electron chi connectivity index (χ4n) is 1.65. The van der Waals surface area contributed by atoms with Crippen LogP contribution in [0.25, 0.3) is 0 Å². The molecule has 1 N–H and O–H groups in total. The normalized spacial score (nSPS) is 10.0. The zero-order valence-electron chi connectivity index (χ0n) is 10.8. The van der Waals surface area contributed by atoms with E-state index in [0.717, 1.165) is 31.6 Å². The maximum Gasteiger partial charge on any atom is 0.241 e. The van der Waals surface area contributed by atoms with Crippen molar-refractivity contribution in [3.8, 4) is 0 Å². The van der Waals surface area contributed by atoms with Crippen LogP contribution in [0.5, 0.6) is 0 Å². The van der Waals surface area contributed by atoms with Gasteiger partial charge in [-0.3, -0.25) is 4.79 Å². The van der Waals surface area contributed by atoms with Gasteiger partial charge in [-0.05, 0) is 25.5 Å². The molecule has 0 aliphatic heterocycles. The molecule has 0 spiro atoms. The Kier molecular flexibility index (Phi) is 6.15. The number of benzene rings is 1. The molecule has 17 heavy (non-hydrogen) atoms. The molecule has 1 amide bonds. The van der Waals surface area contributed by atoms with Crippen LogP contribution in [0.15, 0.2) is 30.3 Å². The van der Waals surface area contributed by atoms with E-state index in [1.165, 1.54) is 0 Å². The Balaban J connectivity index is 2.37. The number of hydrogen-bond acceptors (Lipinski definition) is 2. The molecule has 1 aromatic rings. The van der Waals surface area contributed by atoms with Gasteiger partial charge >= 0.3 is 0 Å². The molecule has 0 saturated carbocycles. The molecule has 94 valence electrons. The summed E-state index contributed by atoms with van der Waals surface area (Å²) in [5.41, 5.74) is 0.993. The van der Waals surface area contributed by atoms with Gasteiger partial charge in [-0.15, -0.1) is 0 Å². The standard InChI is InChI=1S/C14H22N2O/c1-3-5-11-16(4-2)14(17)12-15-13-9-7-6-8-10-13/h6-10,15H,3-5,11-12H2,1-2H3. The summed E-state index contributed by atoms with van der Waals surface area (Å²) in [6.45, 7) is 6.19. The van der Waals surface area contributed by atoms with Gasteiger partial charge in [0.05, 0.1) is 6.54 Å². The molecule has 0 fully saturated rings. The number of unbranched alkanes of at least 4 members (excludes halogenated alkanes) is 1. The Morgan fingerprint density at radius 3 is 2.53 bits per heavy atom. The number of carbonyl (C=O) groups is 1. The summed E-state index contributed by atoms with van der Waals surface area (Å²) >= 11 is 0. The van der Waals surface area contributed by atoms with E-state index in [2.05, 4.69) is 12.2 Å². The van der Waals surface area contributed by atoms with Crippen LogP contribution in [-0.2, 0) is 4.79 Å². The molecule has 1 rings (SSSR count). The molecule has 0 saturated heterocycles. The van der Waals surface area contributed by atoms with Gasteiger partial charge in [0, 0.05) is 18.8 Å². The van der Waals surface area contributed by atoms with E-state index in [-0.39, 0.29) is 5.91 Å². The summed E-state index contributed by atoms with van der Waals surface area (Å²) < 4.78 is 0. The van der Waals surface area contributed by atoms with Gasteiger partial charge in [0.15, 0.2) is 0 Å². The topological polar surface area (TPSA) is 32.3 Å². The van der Waals surface area contributed by atoms with Crippen molar-refractivity contribution in [1.29, 1.82) is 0 Å². The summed E-state index contributed by atoms with van der Waals surface area (Å²) in [5.74, 6) is 0.171. The highest BCUT2D eigenvalue weighted by Gasteiger charge is 2.09. The van der Waals surface area contributed by atoms with E-state index in [4.69, 9.17) is 0 Å². The van der Waals surface area contributed by atoms with E-state index in [9.17, 15) is 4.79 Å². The minimum Gasteiger partial charge on any atom is -0.376 e. The summed E-state index contributed by atoms with van der Waals surface area (Å²) in [6, 6.07) is 9.82. The van der Waals surface area contributed by atoms with Gasteiger partial charge in [-0.1, -0.05) is 31.5 Å². The largest absolute Gasteiger partial charge is 0.376 e. The highest BCUT2D eigenvalue weighted by atomic mass is 16.2. The molecule has 3 heteroatoms. The molecule has 0 aliphatic rings. The van der Waals surface area contributed by atoms with Crippen molar-refractivity contribution in [2.45, 2.75) is 26.7 Å². The van der Waals surface area contributed by atoms with Crippen molar-refractivity contribution in [3.63, 3.8) is 0 Å². The second-order valence-electron chi connectivity index (χ2n) is 4.05. The zero-order chi connectivity index (χ0) is 12.5. The van der Waals surface area contributed by atoms with Crippen LogP contribution in [0.3, 0.4) is 0 Å². The molecule has 1 aromatic carbocycles. The van der Waals surface area contributed by atoms with Gasteiger partial charge in [0.2, 0.25) is 5.91 Å². The second kappa shape index (κ2) is 7.71. The van der Waals surface area contributed by atoms with Crippen LogP contribution in [0.4, 0.5) is 5.69 Å². The number of nitrogens with one attached hydrogen (secondary N) is 1. The Hall–Kier alpha value is -1.51. The number of anilines is 1. The van der Waals surface area contributed by atoms with Crippen molar-refractivity contribution in [1.82, 2.24) is 4.90 Å². The van der Waals surface area contributed by atoms with Crippen molar-refractivity contribution in [2.75, 3.05) is 25.0 Å². The first-order valence-electron chi connectivity index (χ1n) is 6.34. The maximum absolute atomic E-state index is 11.9. The van der Waals surface area contributed by atoms with Crippen LogP contribution in [0.2, 0.25) is 0 Å². The molecule has 0 radical (unpaired) electrons. The average Bonchev–Trinajstić information content (AvgIpc) is 2.38. The van der Waals surface area contributed by atoms with Gasteiger partial charge < -0.3 is 10.2 Å². The van der Waals surface area contributed by atoms with Crippen LogP contribution in [0, 0.1) is 0 Å². The van der Waals surface area contributed by atoms with E-state index >= 15 is 0 Å². The predicted molar refractivity (Wildman–Crippen MR) is 72.1 cm³/mol. The lowest BCUT2D eigenvalue weighted by atomic mass is 10.3. The van der Waals surface area contributed by atoms with E-state index in [1.54, 1.807) is 0 Å². The smallest absolute Gasteiger partial charge is 0.241 e. The van der Waals surface area contributed by atoms with Gasteiger partial charge in [-0.25, -0.2) is 0 Å². The number of nitrogens with zero attached hydrogens (tertiary/aromatic N) is 1. The Labute approximate surface area is 104 Å². The molecule has 3 nitrogen and oxygen atoms in total. The average molecular weight is 234 g/mol. The number of para-hydroxylation sites is 1. The minimum absolute atomic E-state index is 0.171. The van der Waals surface area contributed by atoms with Crippen LogP contribution in [0.1, 0.15) is 26.7 Å². The van der Waals surface area contributed by atoms with Gasteiger partial charge in [0.25, 0.3) is 0 Å². The summed E-state index contributed by atoms with van der Waals surface area (Å²) in [6.07, 6.45) is 2.20. The third kappa shape index (κ3) is 4.89. The molecule has 0 bridgehead atoms. The number of amides is 1. The lowest BCUT2D eigenvalue weighted by molar-refractivity contribution is -0.129. The van der Waals surface area contributed by atoms with Crippen molar-refractivity contribution in [2.24, 2.45) is 0 Å². The Bertz CT molecular complexity index is 324. The Morgan fingerprint density at radius 2 is 1.94 bits per heavy atom. The van der Waals surface area contributed by atoms with E-state index in [1.807, 2.05) is 42.2 Å². The number of hydrogen-bond donors (Lipinski definition) is 1. The number of likely N-dealkylation sites (N-methyl/N-ethyl adjacent to an activating group) is 1. The second-order valence-corrected chi connectivity index (χ2v) is 4.05. The molecule has 0 atom stereocenters. The van der Waals surface area contributed by atoms with Crippen LogP contribution < -0.4 is 5.32 Å². The van der Waals surface area contributed by atoms with Crippen molar-refractivity contribution >= 4 is 11.6 Å². The summed E-state index contributed by atoms with van der Waals surface area (Å²) in [7, 11) is 0. The summed E-state index contributed by atoms with van der Waals surface area (Å²) in [4.78, 5) is 13.8. The van der Waals surface area contributed by atoms with Crippen molar-refractivity contribution < 1.29 is 4.79 Å². The molecule has 0 heterocycles. The fourth-order valence-corrected chi connectivity index (χ4v) is 1.65. The third-order valence-electron chi connectivity index (χ3n) is 2.73. The lowest BCUT2D eigenvalue weighted by Crippen LogP contribution is -2.36. The van der Waals surface area contributed by atoms with Gasteiger partial charge in [-0.2, -0.15) is 0 Å². The zero-order valence-corrected chi connectivity index (χ0v) is 10.8. The van der Waals surface area contributed by atoms with Crippen LogP contribution >= 0.6 is 0 Å². The highest BCUT2D eigenvalue weighted by Crippen LogP contribution is 2.04. The van der Waals surface area contributed by atoms with E-state index < -0.39 is 0 Å².